The van der Waals surface area contributed by atoms with Crippen molar-refractivity contribution in [2.75, 3.05) is 20.2 Å². The van der Waals surface area contributed by atoms with Gasteiger partial charge in [-0.25, -0.2) is 18.4 Å². The minimum atomic E-state index is -1.47. The van der Waals surface area contributed by atoms with Gasteiger partial charge in [-0.3, -0.25) is 19.8 Å². The monoisotopic (exact) mass is 564 g/mol. The number of hydrogen-bond donors (Lipinski definition) is 3. The van der Waals surface area contributed by atoms with Crippen LogP contribution in [0, 0.1) is 27.7 Å². The normalized spacial score (nSPS) is 16.2. The van der Waals surface area contributed by atoms with Crippen LogP contribution in [0.5, 0.6) is 5.75 Å². The van der Waals surface area contributed by atoms with Crippen molar-refractivity contribution in [3.63, 3.8) is 0 Å². The molecule has 1 aliphatic rings. The summed E-state index contributed by atoms with van der Waals surface area (Å²) in [5.74, 6) is -5.18. The van der Waals surface area contributed by atoms with E-state index in [0.29, 0.717) is 12.8 Å². The second-order valence-corrected chi connectivity index (χ2v) is 9.33. The Morgan fingerprint density at radius 3 is 2.62 bits per heavy atom. The van der Waals surface area contributed by atoms with Gasteiger partial charge in [0.1, 0.15) is 11.3 Å². The Morgan fingerprint density at radius 2 is 2.00 bits per heavy atom. The van der Waals surface area contributed by atoms with Crippen molar-refractivity contribution in [1.82, 2.24) is 15.5 Å². The molecule has 3 N–H and O–H groups in total. The first kappa shape index (κ1) is 29.4. The first-order chi connectivity index (χ1) is 18.5. The van der Waals surface area contributed by atoms with E-state index >= 15 is 0 Å². The maximum absolute atomic E-state index is 13.9. The molecule has 3 amide bonds. The number of hydrogen-bond acceptors (Lipinski definition) is 7. The summed E-state index contributed by atoms with van der Waals surface area (Å²) in [5, 5.41) is 26.3. The first-order valence-electron chi connectivity index (χ1n) is 11.9. The van der Waals surface area contributed by atoms with E-state index in [4.69, 9.17) is 17.0 Å². The van der Waals surface area contributed by atoms with Crippen LogP contribution < -0.4 is 15.4 Å². The first-order valence-corrected chi connectivity index (χ1v) is 12.3. The van der Waals surface area contributed by atoms with E-state index in [9.17, 15) is 38.4 Å². The quantitative estimate of drug-likeness (QED) is 0.235. The van der Waals surface area contributed by atoms with Crippen LogP contribution in [-0.4, -0.2) is 58.0 Å². The second-order valence-electron chi connectivity index (χ2n) is 8.84. The summed E-state index contributed by atoms with van der Waals surface area (Å²) in [7, 11) is 1.28. The fraction of sp³-hybridized carbons (Fsp3) is 0.360. The lowest BCUT2D eigenvalue weighted by atomic mass is 9.97. The zero-order valence-electron chi connectivity index (χ0n) is 21.0. The van der Waals surface area contributed by atoms with Gasteiger partial charge in [0, 0.05) is 18.7 Å². The van der Waals surface area contributed by atoms with Gasteiger partial charge in [0.2, 0.25) is 5.91 Å². The maximum atomic E-state index is 13.9. The smallest absolute Gasteiger partial charge is 0.342 e. The second kappa shape index (κ2) is 12.6. The molecule has 0 bridgehead atoms. The Balaban J connectivity index is 1.88. The van der Waals surface area contributed by atoms with E-state index in [0.717, 1.165) is 29.2 Å². The molecule has 0 radical (unpaired) electrons. The summed E-state index contributed by atoms with van der Waals surface area (Å²) in [4.78, 5) is 49.8. The third-order valence-electron chi connectivity index (χ3n) is 6.22. The van der Waals surface area contributed by atoms with E-state index in [2.05, 4.69) is 10.6 Å². The highest BCUT2D eigenvalue weighted by atomic mass is 32.1. The number of aromatic carboxylic acids is 1. The summed E-state index contributed by atoms with van der Waals surface area (Å²) in [6, 6.07) is 3.73. The Morgan fingerprint density at radius 1 is 1.31 bits per heavy atom. The molecule has 0 aromatic heterocycles. The molecule has 1 heterocycles. The number of halogens is 2. The number of benzene rings is 2. The number of carboxylic acid groups (broad SMARTS) is 1. The molecular formula is C25H26F2N4O7S. The number of nitro groups is 1. The van der Waals surface area contributed by atoms with Crippen LogP contribution in [0.15, 0.2) is 30.3 Å². The molecule has 208 valence electrons. The number of urea groups is 1. The molecule has 11 nitrogen and oxygen atoms in total. The van der Waals surface area contributed by atoms with Crippen molar-refractivity contribution in [1.29, 1.82) is 0 Å². The number of rotatable bonds is 9. The summed E-state index contributed by atoms with van der Waals surface area (Å²) < 4.78 is 32.7. The third-order valence-corrected chi connectivity index (χ3v) is 6.50. The average molecular weight is 565 g/mol. The number of thiocarbonyl (C=S) groups is 1. The molecule has 0 saturated carbocycles. The molecule has 39 heavy (non-hydrogen) atoms. The van der Waals surface area contributed by atoms with Gasteiger partial charge in [-0.1, -0.05) is 31.6 Å². The molecule has 1 aliphatic heterocycles. The zero-order valence-corrected chi connectivity index (χ0v) is 21.8. The minimum Gasteiger partial charge on any atom is -0.496 e. The predicted molar refractivity (Wildman–Crippen MR) is 139 cm³/mol. The van der Waals surface area contributed by atoms with E-state index in [1.807, 2.05) is 6.92 Å². The minimum absolute atomic E-state index is 0.0326. The molecule has 0 spiro atoms. The van der Waals surface area contributed by atoms with Crippen LogP contribution >= 0.6 is 12.2 Å². The summed E-state index contributed by atoms with van der Waals surface area (Å²) >= 11 is 5.24. The van der Waals surface area contributed by atoms with Crippen LogP contribution in [0.3, 0.4) is 0 Å². The number of methoxy groups -OCH3 is 1. The number of imide groups is 1. The van der Waals surface area contributed by atoms with Crippen molar-refractivity contribution in [3.8, 4) is 5.75 Å². The fourth-order valence-electron chi connectivity index (χ4n) is 4.27. The van der Waals surface area contributed by atoms with Crippen molar-refractivity contribution >= 4 is 40.8 Å². The van der Waals surface area contributed by atoms with E-state index in [1.54, 1.807) is 0 Å². The van der Waals surface area contributed by atoms with Crippen molar-refractivity contribution < 1.29 is 37.9 Å². The van der Waals surface area contributed by atoms with Crippen LogP contribution in [0.25, 0.3) is 0 Å². The Hall–Kier alpha value is -4.20. The number of nitrogens with zero attached hydrogens (tertiary/aromatic N) is 2. The summed E-state index contributed by atoms with van der Waals surface area (Å²) in [5.41, 5.74) is -0.626. The van der Waals surface area contributed by atoms with Gasteiger partial charge < -0.3 is 20.5 Å². The number of nitro benzene ring substituents is 1. The van der Waals surface area contributed by atoms with E-state index in [-0.39, 0.29) is 41.4 Å². The van der Waals surface area contributed by atoms with Crippen LogP contribution in [-0.2, 0) is 11.2 Å². The highest BCUT2D eigenvalue weighted by molar-refractivity contribution is 7.80. The Labute approximate surface area is 227 Å². The third kappa shape index (κ3) is 6.82. The molecule has 0 aliphatic carbocycles. The highest BCUT2D eigenvalue weighted by Crippen LogP contribution is 2.28. The Bertz CT molecular complexity index is 1320. The van der Waals surface area contributed by atoms with Gasteiger partial charge in [0.15, 0.2) is 11.6 Å². The lowest BCUT2D eigenvalue weighted by Crippen LogP contribution is -2.48. The molecule has 1 saturated heterocycles. The van der Waals surface area contributed by atoms with Crippen LogP contribution in [0.4, 0.5) is 19.3 Å². The number of nitrogens with one attached hydrogen (secondary N) is 2. The molecule has 0 unspecified atom stereocenters. The van der Waals surface area contributed by atoms with E-state index in [1.165, 1.54) is 13.2 Å². The Kier molecular flexibility index (Phi) is 9.46. The lowest BCUT2D eigenvalue weighted by molar-refractivity contribution is -0.385. The van der Waals surface area contributed by atoms with Gasteiger partial charge in [-0.15, -0.1) is 0 Å². The van der Waals surface area contributed by atoms with Gasteiger partial charge in [0.25, 0.3) is 5.69 Å². The molecule has 2 aromatic carbocycles. The number of amides is 3. The maximum Gasteiger partial charge on any atom is 0.342 e. The number of carbonyl (C=O) groups excluding carboxylic acids is 2. The molecule has 1 fully saturated rings. The van der Waals surface area contributed by atoms with Gasteiger partial charge in [-0.2, -0.15) is 0 Å². The zero-order chi connectivity index (χ0) is 28.9. The average Bonchev–Trinajstić information content (AvgIpc) is 3.03. The van der Waals surface area contributed by atoms with E-state index < -0.39 is 57.7 Å². The molecule has 3 rings (SSSR count). The lowest BCUT2D eigenvalue weighted by Gasteiger charge is -2.26. The van der Waals surface area contributed by atoms with Crippen LogP contribution in [0.1, 0.15) is 47.3 Å². The largest absolute Gasteiger partial charge is 0.496 e. The topological polar surface area (TPSA) is 151 Å². The summed E-state index contributed by atoms with van der Waals surface area (Å²) in [6.07, 6.45) is 0.793. The van der Waals surface area contributed by atoms with Gasteiger partial charge in [0.05, 0.1) is 35.5 Å². The SMILES string of the molecule is CCC[C@@H](NC(=O)N1CC(=S)NC[C@H](Cc2cc(F)c(F)cc2OC)C1=O)c1ccc(C(=O)O)c([N+](=O)[O-])c1. The number of carbonyl (C=O) groups is 3. The highest BCUT2D eigenvalue weighted by Gasteiger charge is 2.35. The van der Waals surface area contributed by atoms with Crippen LogP contribution in [0.2, 0.25) is 0 Å². The molecule has 14 heteroatoms. The fourth-order valence-corrected chi connectivity index (χ4v) is 4.49. The van der Waals surface area contributed by atoms with Crippen molar-refractivity contribution in [2.45, 2.75) is 32.2 Å². The predicted octanol–water partition coefficient (Wildman–Crippen LogP) is 3.75. The standard InChI is InChI=1S/C25H26F2N4O7S/c1-3-4-19(13-5-6-16(24(33)34)20(9-13)31(36)37)29-25(35)30-12-22(39)28-11-15(23(30)32)7-14-8-17(26)18(27)10-21(14)38-2/h5-6,8-10,15,19H,3-4,7,11-12H2,1-2H3,(H,28,39)(H,29,35)(H,33,34)/t15-,19+/m0/s1. The number of ether oxygens (including phenoxy) is 1. The molecule has 2 aromatic rings. The van der Waals surface area contributed by atoms with Gasteiger partial charge in [-0.05, 0) is 36.1 Å². The molecule has 2 atom stereocenters. The van der Waals surface area contributed by atoms with Crippen molar-refractivity contribution in [3.05, 3.63) is 68.8 Å². The summed E-state index contributed by atoms with van der Waals surface area (Å²) in [6.45, 7) is 1.60. The van der Waals surface area contributed by atoms with Gasteiger partial charge >= 0.3 is 12.0 Å². The number of carboxylic acids is 1. The van der Waals surface area contributed by atoms with Crippen molar-refractivity contribution in [2.24, 2.45) is 5.92 Å². The molecular weight excluding hydrogens is 538 g/mol.